The Morgan fingerprint density at radius 1 is 1.28 bits per heavy atom. The number of benzene rings is 1. The number of amides is 1. The summed E-state index contributed by atoms with van der Waals surface area (Å²) in [7, 11) is 0. The molecular formula is C20H20N8O4. The van der Waals surface area contributed by atoms with Crippen LogP contribution in [0.3, 0.4) is 0 Å². The molecule has 4 unspecified atom stereocenters. The summed E-state index contributed by atoms with van der Waals surface area (Å²) < 4.78 is 13.1. The van der Waals surface area contributed by atoms with Gasteiger partial charge in [-0.3, -0.25) is 14.2 Å². The molecule has 4 atom stereocenters. The van der Waals surface area contributed by atoms with Gasteiger partial charge in [-0.05, 0) is 24.1 Å². The Kier molecular flexibility index (Phi) is 5.97. The first-order valence-corrected chi connectivity index (χ1v) is 9.94. The van der Waals surface area contributed by atoms with E-state index in [0.29, 0.717) is 23.1 Å². The normalized spacial score (nSPS) is 22.3. The molecule has 0 bridgehead atoms. The Hall–Kier alpha value is -4.02. The van der Waals surface area contributed by atoms with Crippen molar-refractivity contribution in [3.63, 3.8) is 0 Å². The van der Waals surface area contributed by atoms with Crippen molar-refractivity contribution in [3.8, 4) is 0 Å². The summed E-state index contributed by atoms with van der Waals surface area (Å²) in [5.74, 6) is -0.652. The third-order valence-electron chi connectivity index (χ3n) is 5.10. The second-order valence-corrected chi connectivity index (χ2v) is 7.11. The van der Waals surface area contributed by atoms with Gasteiger partial charge in [0.1, 0.15) is 12.4 Å². The van der Waals surface area contributed by atoms with E-state index in [1.54, 1.807) is 28.8 Å². The molecule has 1 fully saturated rings. The highest BCUT2D eigenvalue weighted by Gasteiger charge is 2.47. The van der Waals surface area contributed by atoms with Gasteiger partial charge in [-0.15, -0.1) is 0 Å². The molecule has 1 aliphatic rings. The molecule has 0 radical (unpaired) electrons. The average Bonchev–Trinajstić information content (AvgIpc) is 3.36. The predicted molar refractivity (Wildman–Crippen MR) is 112 cm³/mol. The molecule has 3 aromatic rings. The van der Waals surface area contributed by atoms with Gasteiger partial charge in [0.2, 0.25) is 0 Å². The fourth-order valence-electron chi connectivity index (χ4n) is 3.70. The van der Waals surface area contributed by atoms with Crippen LogP contribution in [-0.4, -0.2) is 49.6 Å². The summed E-state index contributed by atoms with van der Waals surface area (Å²) >= 11 is 0. The number of fused-ring (bicyclic) bond motifs is 1. The molecule has 4 rings (SSSR count). The molecule has 3 heterocycles. The standard InChI is InChI=1S/C20H20N8O4/c1-3-13-14(26-27-21)16(31-11(2)29)20(32-13)28-10-24-15-17(22-9-23-18(15)28)25-19(30)12-7-5-4-6-8-12/h4-10,13-14,16,20H,3H2,1-2H3,(H,22,23,25,30). The summed E-state index contributed by atoms with van der Waals surface area (Å²) in [6.07, 6.45) is 1.14. The lowest BCUT2D eigenvalue weighted by Crippen LogP contribution is -2.34. The van der Waals surface area contributed by atoms with Crippen molar-refractivity contribution in [1.82, 2.24) is 19.5 Å². The number of azide groups is 1. The van der Waals surface area contributed by atoms with Crippen LogP contribution in [0.15, 0.2) is 48.1 Å². The molecule has 0 aliphatic carbocycles. The Morgan fingerprint density at radius 2 is 2.06 bits per heavy atom. The van der Waals surface area contributed by atoms with Gasteiger partial charge in [0.25, 0.3) is 5.91 Å². The SMILES string of the molecule is CCC1OC(n2cnc3c(NC(=O)c4ccccc4)ncnc32)C(OC(C)=O)C1N=[N+]=[N-]. The Bertz CT molecular complexity index is 1190. The van der Waals surface area contributed by atoms with Gasteiger partial charge in [-0.25, -0.2) is 15.0 Å². The molecule has 0 spiro atoms. The number of ether oxygens (including phenoxy) is 2. The van der Waals surface area contributed by atoms with E-state index >= 15 is 0 Å². The Labute approximate surface area is 182 Å². The number of rotatable bonds is 6. The molecule has 164 valence electrons. The monoisotopic (exact) mass is 436 g/mol. The number of imidazole rings is 1. The highest BCUT2D eigenvalue weighted by atomic mass is 16.6. The molecular weight excluding hydrogens is 416 g/mol. The van der Waals surface area contributed by atoms with Crippen LogP contribution in [-0.2, 0) is 14.3 Å². The first-order chi connectivity index (χ1) is 15.5. The minimum atomic E-state index is -0.872. The third kappa shape index (κ3) is 3.96. The van der Waals surface area contributed by atoms with E-state index in [1.807, 2.05) is 13.0 Å². The summed E-state index contributed by atoms with van der Waals surface area (Å²) in [5, 5.41) is 6.53. The van der Waals surface area contributed by atoms with E-state index in [-0.39, 0.29) is 11.7 Å². The minimum absolute atomic E-state index is 0.225. The lowest BCUT2D eigenvalue weighted by atomic mass is 10.1. The van der Waals surface area contributed by atoms with Crippen LogP contribution in [0, 0.1) is 0 Å². The van der Waals surface area contributed by atoms with Crippen LogP contribution >= 0.6 is 0 Å². The van der Waals surface area contributed by atoms with Crippen LogP contribution in [0.25, 0.3) is 21.6 Å². The average molecular weight is 436 g/mol. The molecule has 1 aliphatic heterocycles. The number of carbonyl (C=O) groups excluding carboxylic acids is 2. The van der Waals surface area contributed by atoms with Crippen LogP contribution in [0.2, 0.25) is 0 Å². The molecule has 32 heavy (non-hydrogen) atoms. The fourth-order valence-corrected chi connectivity index (χ4v) is 3.70. The number of aromatic nitrogens is 4. The first-order valence-electron chi connectivity index (χ1n) is 9.94. The van der Waals surface area contributed by atoms with Crippen molar-refractivity contribution in [1.29, 1.82) is 0 Å². The van der Waals surface area contributed by atoms with Crippen molar-refractivity contribution < 1.29 is 19.1 Å². The first kappa shape index (κ1) is 21.2. The molecule has 12 heteroatoms. The Morgan fingerprint density at radius 3 is 2.75 bits per heavy atom. The highest BCUT2D eigenvalue weighted by Crippen LogP contribution is 2.37. The lowest BCUT2D eigenvalue weighted by molar-refractivity contribution is -0.152. The maximum atomic E-state index is 12.6. The molecule has 0 saturated carbocycles. The minimum Gasteiger partial charge on any atom is -0.457 e. The predicted octanol–water partition coefficient (Wildman–Crippen LogP) is 3.00. The highest BCUT2D eigenvalue weighted by molar-refractivity contribution is 6.06. The van der Waals surface area contributed by atoms with Gasteiger partial charge in [0.05, 0.1) is 12.4 Å². The van der Waals surface area contributed by atoms with Crippen LogP contribution < -0.4 is 5.32 Å². The number of carbonyl (C=O) groups is 2. The van der Waals surface area contributed by atoms with Gasteiger partial charge >= 0.3 is 5.97 Å². The van der Waals surface area contributed by atoms with Crippen molar-refractivity contribution in [2.24, 2.45) is 5.11 Å². The molecule has 2 aromatic heterocycles. The van der Waals surface area contributed by atoms with Gasteiger partial charge in [-0.1, -0.05) is 30.2 Å². The molecule has 1 amide bonds. The van der Waals surface area contributed by atoms with Crippen molar-refractivity contribution >= 4 is 28.9 Å². The lowest BCUT2D eigenvalue weighted by Gasteiger charge is -2.21. The number of esters is 1. The second-order valence-electron chi connectivity index (χ2n) is 7.11. The van der Waals surface area contributed by atoms with E-state index in [0.717, 1.165) is 0 Å². The summed E-state index contributed by atoms with van der Waals surface area (Å²) in [4.78, 5) is 39.9. The van der Waals surface area contributed by atoms with Crippen molar-refractivity contribution in [3.05, 3.63) is 59.0 Å². The van der Waals surface area contributed by atoms with Crippen LogP contribution in [0.1, 0.15) is 36.9 Å². The molecule has 1 N–H and O–H groups in total. The number of hydrogen-bond donors (Lipinski definition) is 1. The maximum absolute atomic E-state index is 12.6. The van der Waals surface area contributed by atoms with Gasteiger partial charge in [0, 0.05) is 17.4 Å². The zero-order valence-electron chi connectivity index (χ0n) is 17.3. The number of nitrogens with one attached hydrogen (secondary N) is 1. The Balaban J connectivity index is 1.70. The van der Waals surface area contributed by atoms with Crippen molar-refractivity contribution in [2.45, 2.75) is 44.7 Å². The topological polar surface area (TPSA) is 157 Å². The molecule has 1 aromatic carbocycles. The fraction of sp³-hybridized carbons (Fsp3) is 0.350. The van der Waals surface area contributed by atoms with E-state index in [2.05, 4.69) is 30.3 Å². The number of anilines is 1. The van der Waals surface area contributed by atoms with Crippen molar-refractivity contribution in [2.75, 3.05) is 5.32 Å². The van der Waals surface area contributed by atoms with Crippen LogP contribution in [0.5, 0.6) is 0 Å². The van der Waals surface area contributed by atoms with Crippen LogP contribution in [0.4, 0.5) is 5.82 Å². The van der Waals surface area contributed by atoms with E-state index in [9.17, 15) is 9.59 Å². The smallest absolute Gasteiger partial charge is 0.303 e. The number of nitrogens with zero attached hydrogens (tertiary/aromatic N) is 7. The second kappa shape index (κ2) is 9.00. The quantitative estimate of drug-likeness (QED) is 0.269. The van der Waals surface area contributed by atoms with E-state index in [4.69, 9.17) is 15.0 Å². The van der Waals surface area contributed by atoms with E-state index in [1.165, 1.54) is 19.6 Å². The molecule has 1 saturated heterocycles. The van der Waals surface area contributed by atoms with E-state index < -0.39 is 30.4 Å². The largest absolute Gasteiger partial charge is 0.457 e. The molecule has 12 nitrogen and oxygen atoms in total. The van der Waals surface area contributed by atoms with Gasteiger partial charge in [0.15, 0.2) is 29.3 Å². The zero-order valence-corrected chi connectivity index (χ0v) is 17.3. The number of hydrogen-bond acceptors (Lipinski definition) is 8. The maximum Gasteiger partial charge on any atom is 0.303 e. The third-order valence-corrected chi connectivity index (χ3v) is 5.10. The van der Waals surface area contributed by atoms with Gasteiger partial charge < -0.3 is 14.8 Å². The zero-order chi connectivity index (χ0) is 22.7. The summed E-state index contributed by atoms with van der Waals surface area (Å²) in [5.41, 5.74) is 10.1. The summed E-state index contributed by atoms with van der Waals surface area (Å²) in [6.45, 7) is 3.15. The van der Waals surface area contributed by atoms with Gasteiger partial charge in [-0.2, -0.15) is 0 Å². The summed E-state index contributed by atoms with van der Waals surface area (Å²) in [6, 6.07) is 7.99.